The van der Waals surface area contributed by atoms with Gasteiger partial charge in [-0.1, -0.05) is 32.0 Å². The van der Waals surface area contributed by atoms with Gasteiger partial charge in [-0.25, -0.2) is 0 Å². The summed E-state index contributed by atoms with van der Waals surface area (Å²) in [5.41, 5.74) is 2.19. The minimum Gasteiger partial charge on any atom is -0.312 e. The van der Waals surface area contributed by atoms with Gasteiger partial charge in [0.1, 0.15) is 0 Å². The quantitative estimate of drug-likeness (QED) is 0.828. The molecule has 0 saturated heterocycles. The van der Waals surface area contributed by atoms with Crippen molar-refractivity contribution in [1.82, 2.24) is 5.32 Å². The largest absolute Gasteiger partial charge is 0.312 e. The van der Waals surface area contributed by atoms with Crippen LogP contribution in [0.15, 0.2) is 29.2 Å². The fourth-order valence-corrected chi connectivity index (χ4v) is 4.48. The van der Waals surface area contributed by atoms with Crippen molar-refractivity contribution in [2.24, 2.45) is 5.41 Å². The molecule has 1 aromatic carbocycles. The van der Waals surface area contributed by atoms with Crippen LogP contribution in [-0.4, -0.2) is 17.3 Å². The minimum atomic E-state index is 0.231. The third-order valence-corrected chi connectivity index (χ3v) is 5.27. The number of hydrogen-bond donors (Lipinski definition) is 1. The molecule has 1 atom stereocenters. The predicted molar refractivity (Wildman–Crippen MR) is 90.6 cm³/mol. The molecule has 0 aliphatic carbocycles. The van der Waals surface area contributed by atoms with Gasteiger partial charge in [0.15, 0.2) is 0 Å². The Labute approximate surface area is 128 Å². The summed E-state index contributed by atoms with van der Waals surface area (Å²) in [4.78, 5) is 1.50. The molecule has 112 valence electrons. The van der Waals surface area contributed by atoms with Crippen LogP contribution in [0.5, 0.6) is 0 Å². The number of benzene rings is 1. The summed E-state index contributed by atoms with van der Waals surface area (Å²) in [7, 11) is 0. The minimum absolute atomic E-state index is 0.231. The summed E-state index contributed by atoms with van der Waals surface area (Å²) >= 11 is 2.08. The first-order chi connectivity index (χ1) is 9.25. The van der Waals surface area contributed by atoms with Crippen LogP contribution >= 0.6 is 11.8 Å². The van der Waals surface area contributed by atoms with Crippen molar-refractivity contribution in [2.45, 2.75) is 69.6 Å². The second kappa shape index (κ2) is 6.11. The molecule has 1 N–H and O–H groups in total. The molecule has 0 aromatic heterocycles. The summed E-state index contributed by atoms with van der Waals surface area (Å²) < 4.78 is 0. The third-order valence-electron chi connectivity index (χ3n) is 3.95. The van der Waals surface area contributed by atoms with Crippen LogP contribution in [0.2, 0.25) is 0 Å². The first-order valence-corrected chi connectivity index (χ1v) is 8.63. The van der Waals surface area contributed by atoms with Crippen LogP contribution in [0.25, 0.3) is 0 Å². The van der Waals surface area contributed by atoms with Crippen molar-refractivity contribution in [3.63, 3.8) is 0 Å². The maximum absolute atomic E-state index is 3.61. The Kier molecular flexibility index (Phi) is 4.86. The van der Waals surface area contributed by atoms with Crippen LogP contribution in [0, 0.1) is 5.41 Å². The number of nitrogens with one attached hydrogen (secondary N) is 1. The first kappa shape index (κ1) is 15.9. The van der Waals surface area contributed by atoms with Gasteiger partial charge in [-0.15, -0.1) is 11.8 Å². The summed E-state index contributed by atoms with van der Waals surface area (Å²) in [6, 6.07) is 8.89. The van der Waals surface area contributed by atoms with Crippen molar-refractivity contribution in [2.75, 3.05) is 6.54 Å². The highest BCUT2D eigenvalue weighted by Crippen LogP contribution is 2.42. The molecule has 2 heteroatoms. The average Bonchev–Trinajstić information content (AvgIpc) is 2.67. The zero-order valence-corrected chi connectivity index (χ0v) is 14.4. The Hall–Kier alpha value is -0.470. The van der Waals surface area contributed by atoms with E-state index in [0.717, 1.165) is 11.8 Å². The van der Waals surface area contributed by atoms with Gasteiger partial charge in [-0.2, -0.15) is 0 Å². The standard InChI is InChI=1S/C18H29NS/c1-17(2,3)19-11-10-18(4,5)13-15-12-14-8-6-7-9-16(14)20-15/h6-9,15,19H,10-13H2,1-5H3. The maximum atomic E-state index is 3.61. The number of hydrogen-bond acceptors (Lipinski definition) is 2. The van der Waals surface area contributed by atoms with Crippen LogP contribution in [-0.2, 0) is 6.42 Å². The Bertz CT molecular complexity index is 420. The summed E-state index contributed by atoms with van der Waals surface area (Å²) in [5.74, 6) is 0. The fourth-order valence-electron chi connectivity index (χ4n) is 2.86. The lowest BCUT2D eigenvalue weighted by Crippen LogP contribution is -2.38. The number of thioether (sulfide) groups is 1. The molecule has 1 nitrogen and oxygen atoms in total. The van der Waals surface area contributed by atoms with E-state index in [2.05, 4.69) is 76.0 Å². The van der Waals surface area contributed by atoms with Crippen LogP contribution in [0.3, 0.4) is 0 Å². The van der Waals surface area contributed by atoms with Crippen LogP contribution in [0.4, 0.5) is 0 Å². The molecule has 20 heavy (non-hydrogen) atoms. The van der Waals surface area contributed by atoms with E-state index in [4.69, 9.17) is 0 Å². The zero-order valence-electron chi connectivity index (χ0n) is 13.6. The molecule has 1 heterocycles. The average molecular weight is 292 g/mol. The molecule has 1 aliphatic rings. The van der Waals surface area contributed by atoms with E-state index in [1.165, 1.54) is 24.2 Å². The number of fused-ring (bicyclic) bond motifs is 1. The molecule has 2 rings (SSSR count). The van der Waals surface area contributed by atoms with Crippen molar-refractivity contribution < 1.29 is 0 Å². The van der Waals surface area contributed by atoms with Crippen molar-refractivity contribution in [1.29, 1.82) is 0 Å². The van der Waals surface area contributed by atoms with Crippen molar-refractivity contribution in [3.05, 3.63) is 29.8 Å². The van der Waals surface area contributed by atoms with E-state index in [0.29, 0.717) is 5.41 Å². The smallest absolute Gasteiger partial charge is 0.0140 e. The van der Waals surface area contributed by atoms with E-state index >= 15 is 0 Å². The van der Waals surface area contributed by atoms with Crippen LogP contribution < -0.4 is 5.32 Å². The van der Waals surface area contributed by atoms with E-state index in [1.54, 1.807) is 5.56 Å². The van der Waals surface area contributed by atoms with Crippen LogP contribution in [0.1, 0.15) is 53.0 Å². The Morgan fingerprint density at radius 3 is 2.50 bits per heavy atom. The van der Waals surface area contributed by atoms with Crippen molar-refractivity contribution >= 4 is 11.8 Å². The predicted octanol–water partition coefficient (Wildman–Crippen LogP) is 4.90. The Morgan fingerprint density at radius 2 is 1.85 bits per heavy atom. The van der Waals surface area contributed by atoms with Gasteiger partial charge in [-0.05, 0) is 63.6 Å². The Morgan fingerprint density at radius 1 is 1.15 bits per heavy atom. The van der Waals surface area contributed by atoms with Gasteiger partial charge in [0, 0.05) is 15.7 Å². The van der Waals surface area contributed by atoms with Gasteiger partial charge in [0.25, 0.3) is 0 Å². The highest BCUT2D eigenvalue weighted by Gasteiger charge is 2.28. The highest BCUT2D eigenvalue weighted by atomic mass is 32.2. The van der Waals surface area contributed by atoms with Gasteiger partial charge in [0.2, 0.25) is 0 Å². The zero-order chi connectivity index (χ0) is 14.8. The van der Waals surface area contributed by atoms with E-state index in [1.807, 2.05) is 0 Å². The second-order valence-electron chi connectivity index (χ2n) is 7.85. The lowest BCUT2D eigenvalue weighted by Gasteiger charge is -2.30. The molecule has 1 aliphatic heterocycles. The number of rotatable bonds is 5. The van der Waals surface area contributed by atoms with Gasteiger partial charge in [-0.3, -0.25) is 0 Å². The lowest BCUT2D eigenvalue weighted by atomic mass is 9.83. The van der Waals surface area contributed by atoms with E-state index in [-0.39, 0.29) is 5.54 Å². The fraction of sp³-hybridized carbons (Fsp3) is 0.667. The molecule has 0 fully saturated rings. The van der Waals surface area contributed by atoms with Crippen molar-refractivity contribution in [3.8, 4) is 0 Å². The summed E-state index contributed by atoms with van der Waals surface area (Å²) in [5, 5.41) is 4.37. The molecule has 1 unspecified atom stereocenters. The third kappa shape index (κ3) is 4.82. The monoisotopic (exact) mass is 291 g/mol. The highest BCUT2D eigenvalue weighted by molar-refractivity contribution is 8.00. The Balaban J connectivity index is 1.81. The van der Waals surface area contributed by atoms with Gasteiger partial charge >= 0.3 is 0 Å². The molecule has 0 bridgehead atoms. The molecule has 0 radical (unpaired) electrons. The van der Waals surface area contributed by atoms with Gasteiger partial charge in [0.05, 0.1) is 0 Å². The second-order valence-corrected chi connectivity index (χ2v) is 9.19. The normalized spacial score (nSPS) is 19.1. The molecular weight excluding hydrogens is 262 g/mol. The topological polar surface area (TPSA) is 12.0 Å². The summed E-state index contributed by atoms with van der Waals surface area (Å²) in [6.45, 7) is 12.7. The maximum Gasteiger partial charge on any atom is 0.0140 e. The summed E-state index contributed by atoms with van der Waals surface area (Å²) in [6.07, 6.45) is 3.80. The molecule has 1 aromatic rings. The van der Waals surface area contributed by atoms with E-state index in [9.17, 15) is 0 Å². The SMILES string of the molecule is CC(C)(CCNC(C)(C)C)CC1Cc2ccccc2S1. The molecule has 0 saturated carbocycles. The molecular formula is C18H29NS. The van der Waals surface area contributed by atoms with Gasteiger partial charge < -0.3 is 5.32 Å². The lowest BCUT2D eigenvalue weighted by molar-refractivity contribution is 0.282. The van der Waals surface area contributed by atoms with E-state index < -0.39 is 0 Å². The molecule has 0 spiro atoms. The first-order valence-electron chi connectivity index (χ1n) is 7.75. The molecule has 0 amide bonds.